The van der Waals surface area contributed by atoms with Crippen LogP contribution in [0.5, 0.6) is 0 Å². The van der Waals surface area contributed by atoms with Crippen molar-refractivity contribution in [2.45, 2.75) is 51.1 Å². The summed E-state index contributed by atoms with van der Waals surface area (Å²) in [5, 5.41) is 6.94. The summed E-state index contributed by atoms with van der Waals surface area (Å²) in [5.74, 6) is -0.495. The van der Waals surface area contributed by atoms with Crippen LogP contribution in [0.25, 0.3) is 0 Å². The van der Waals surface area contributed by atoms with Crippen molar-refractivity contribution in [1.29, 1.82) is 0 Å². The number of nitrogens with zero attached hydrogens (tertiary/aromatic N) is 4. The molecule has 1 aromatic heterocycles. The summed E-state index contributed by atoms with van der Waals surface area (Å²) in [6.45, 7) is 4.16. The number of aromatic nitrogens is 2. The fourth-order valence-corrected chi connectivity index (χ4v) is 3.80. The molecule has 3 heterocycles. The Morgan fingerprint density at radius 2 is 2.08 bits per heavy atom. The van der Waals surface area contributed by atoms with E-state index in [0.29, 0.717) is 19.4 Å². The summed E-state index contributed by atoms with van der Waals surface area (Å²) in [7, 11) is 1.84. The molecule has 2 aliphatic heterocycles. The lowest BCUT2D eigenvalue weighted by Gasteiger charge is -2.26. The van der Waals surface area contributed by atoms with Crippen molar-refractivity contribution in [3.8, 4) is 0 Å². The van der Waals surface area contributed by atoms with Gasteiger partial charge in [-0.25, -0.2) is 4.79 Å². The second-order valence-corrected chi connectivity index (χ2v) is 6.80. The van der Waals surface area contributed by atoms with Crippen LogP contribution < -0.4 is 5.32 Å². The Bertz CT molecular complexity index is 694. The predicted octanol–water partition coefficient (Wildman–Crippen LogP) is 1.19. The van der Waals surface area contributed by atoms with E-state index in [0.717, 1.165) is 23.3 Å². The number of amides is 4. The van der Waals surface area contributed by atoms with Crippen LogP contribution in [0.15, 0.2) is 12.4 Å². The number of hydrogen-bond acceptors (Lipinski definition) is 4. The lowest BCUT2D eigenvalue weighted by molar-refractivity contribution is -0.139. The molecule has 0 spiro atoms. The average molecular weight is 347 g/mol. The zero-order chi connectivity index (χ0) is 18.2. The van der Waals surface area contributed by atoms with Crippen LogP contribution in [0, 0.1) is 0 Å². The molecule has 3 rings (SSSR count). The molecule has 2 aliphatic rings. The molecule has 1 atom stereocenters. The second-order valence-electron chi connectivity index (χ2n) is 6.80. The first-order valence-corrected chi connectivity index (χ1v) is 8.84. The first kappa shape index (κ1) is 17.4. The third-order valence-electron chi connectivity index (χ3n) is 5.43. The Hall–Kier alpha value is -2.38. The van der Waals surface area contributed by atoms with Crippen LogP contribution >= 0.6 is 0 Å². The molecule has 2 fully saturated rings. The summed E-state index contributed by atoms with van der Waals surface area (Å²) in [4.78, 5) is 40.5. The average Bonchev–Trinajstić information content (AvgIpc) is 3.29. The lowest BCUT2D eigenvalue weighted by atomic mass is 9.93. The number of urea groups is 1. The number of imide groups is 1. The highest BCUT2D eigenvalue weighted by atomic mass is 16.2. The van der Waals surface area contributed by atoms with E-state index in [1.54, 1.807) is 15.8 Å². The van der Waals surface area contributed by atoms with Crippen molar-refractivity contribution in [2.75, 3.05) is 13.1 Å². The van der Waals surface area contributed by atoms with Gasteiger partial charge in [0.1, 0.15) is 12.1 Å². The van der Waals surface area contributed by atoms with Crippen molar-refractivity contribution in [1.82, 2.24) is 24.9 Å². The lowest BCUT2D eigenvalue weighted by Crippen LogP contribution is -2.47. The molecule has 136 valence electrons. The highest BCUT2D eigenvalue weighted by Crippen LogP contribution is 2.32. The number of rotatable bonds is 5. The maximum Gasteiger partial charge on any atom is 0.325 e. The topological polar surface area (TPSA) is 87.5 Å². The van der Waals surface area contributed by atoms with Crippen LogP contribution in [-0.2, 0) is 16.6 Å². The van der Waals surface area contributed by atoms with Crippen molar-refractivity contribution in [3.63, 3.8) is 0 Å². The maximum atomic E-state index is 12.8. The highest BCUT2D eigenvalue weighted by Gasteiger charge is 2.49. The Labute approximate surface area is 147 Å². The summed E-state index contributed by atoms with van der Waals surface area (Å²) >= 11 is 0. The summed E-state index contributed by atoms with van der Waals surface area (Å²) in [6, 6.07) is -0.511. The fraction of sp³-hybridized carbons (Fsp3) is 0.647. The quantitative estimate of drug-likeness (QED) is 0.811. The zero-order valence-electron chi connectivity index (χ0n) is 15.0. The van der Waals surface area contributed by atoms with Gasteiger partial charge in [0.25, 0.3) is 5.91 Å². The van der Waals surface area contributed by atoms with Gasteiger partial charge in [0.2, 0.25) is 5.91 Å². The zero-order valence-corrected chi connectivity index (χ0v) is 15.0. The highest BCUT2D eigenvalue weighted by molar-refractivity contribution is 6.09. The van der Waals surface area contributed by atoms with E-state index in [-0.39, 0.29) is 24.4 Å². The van der Waals surface area contributed by atoms with E-state index in [4.69, 9.17) is 0 Å². The molecule has 0 saturated carbocycles. The summed E-state index contributed by atoms with van der Waals surface area (Å²) in [6.07, 6.45) is 6.47. The maximum absolute atomic E-state index is 12.8. The molecule has 25 heavy (non-hydrogen) atoms. The van der Waals surface area contributed by atoms with E-state index in [1.165, 1.54) is 0 Å². The molecule has 8 nitrogen and oxygen atoms in total. The number of hydrogen-bond donors (Lipinski definition) is 1. The third-order valence-corrected chi connectivity index (χ3v) is 5.43. The number of likely N-dealkylation sites (tertiary alicyclic amines) is 1. The Kier molecular flexibility index (Phi) is 4.53. The molecule has 0 radical (unpaired) electrons. The minimum Gasteiger partial charge on any atom is -0.334 e. The van der Waals surface area contributed by atoms with Gasteiger partial charge in [-0.3, -0.25) is 19.2 Å². The van der Waals surface area contributed by atoms with E-state index < -0.39 is 11.6 Å². The summed E-state index contributed by atoms with van der Waals surface area (Å²) in [5.41, 5.74) is 0.118. The van der Waals surface area contributed by atoms with Crippen molar-refractivity contribution >= 4 is 17.8 Å². The van der Waals surface area contributed by atoms with Crippen LogP contribution in [-0.4, -0.2) is 56.1 Å². The van der Waals surface area contributed by atoms with E-state index in [2.05, 4.69) is 10.4 Å². The minimum atomic E-state index is -0.870. The van der Waals surface area contributed by atoms with Gasteiger partial charge in [-0.05, 0) is 25.7 Å². The monoisotopic (exact) mass is 347 g/mol. The van der Waals surface area contributed by atoms with Crippen LogP contribution in [0.3, 0.4) is 0 Å². The Balaban J connectivity index is 1.73. The van der Waals surface area contributed by atoms with Crippen molar-refractivity contribution in [3.05, 3.63) is 18.0 Å². The molecule has 0 aromatic carbocycles. The van der Waals surface area contributed by atoms with E-state index in [9.17, 15) is 14.4 Å². The van der Waals surface area contributed by atoms with Gasteiger partial charge >= 0.3 is 6.03 Å². The normalized spacial score (nSPS) is 22.6. The standard InChI is InChI=1S/C17H25N5O3/c1-4-17(5-2)15(24)22(16(25)19-17)11-14(23)21-8-6-7-13(21)12-9-18-20(3)10-12/h9-10,13H,4-8,11H2,1-3H3,(H,19,25). The van der Waals surface area contributed by atoms with E-state index >= 15 is 0 Å². The van der Waals surface area contributed by atoms with Crippen LogP contribution in [0.2, 0.25) is 0 Å². The fourth-order valence-electron chi connectivity index (χ4n) is 3.80. The first-order valence-electron chi connectivity index (χ1n) is 8.84. The Morgan fingerprint density at radius 3 is 2.64 bits per heavy atom. The van der Waals surface area contributed by atoms with Gasteiger partial charge in [0.15, 0.2) is 0 Å². The molecule has 1 aromatic rings. The largest absolute Gasteiger partial charge is 0.334 e. The van der Waals surface area contributed by atoms with Gasteiger partial charge in [-0.2, -0.15) is 5.10 Å². The molecule has 0 bridgehead atoms. The molecule has 2 saturated heterocycles. The van der Waals surface area contributed by atoms with Gasteiger partial charge in [0, 0.05) is 25.4 Å². The summed E-state index contributed by atoms with van der Waals surface area (Å²) < 4.78 is 1.71. The van der Waals surface area contributed by atoms with Crippen LogP contribution in [0.4, 0.5) is 4.79 Å². The predicted molar refractivity (Wildman–Crippen MR) is 90.5 cm³/mol. The molecule has 1 unspecified atom stereocenters. The molecular weight excluding hydrogens is 322 g/mol. The number of aryl methyl sites for hydroxylation is 1. The van der Waals surface area contributed by atoms with Gasteiger partial charge in [-0.1, -0.05) is 13.8 Å². The molecular formula is C17H25N5O3. The van der Waals surface area contributed by atoms with Gasteiger partial charge in [0.05, 0.1) is 12.2 Å². The number of carbonyl (C=O) groups is 3. The second kappa shape index (κ2) is 6.50. The van der Waals surface area contributed by atoms with Crippen LogP contribution in [0.1, 0.15) is 51.1 Å². The van der Waals surface area contributed by atoms with Gasteiger partial charge < -0.3 is 10.2 Å². The minimum absolute atomic E-state index is 0.0379. The molecule has 1 N–H and O–H groups in total. The first-order chi connectivity index (χ1) is 11.9. The molecule has 4 amide bonds. The smallest absolute Gasteiger partial charge is 0.325 e. The van der Waals surface area contributed by atoms with Gasteiger partial charge in [-0.15, -0.1) is 0 Å². The third kappa shape index (κ3) is 2.89. The number of nitrogens with one attached hydrogen (secondary N) is 1. The van der Waals surface area contributed by atoms with Crippen molar-refractivity contribution < 1.29 is 14.4 Å². The molecule has 8 heteroatoms. The molecule has 0 aliphatic carbocycles. The SMILES string of the molecule is CCC1(CC)NC(=O)N(CC(=O)N2CCCC2c2cnn(C)c2)C1=O. The van der Waals surface area contributed by atoms with Crippen molar-refractivity contribution in [2.24, 2.45) is 7.05 Å². The van der Waals surface area contributed by atoms with E-state index in [1.807, 2.05) is 27.1 Å². The Morgan fingerprint density at radius 1 is 1.36 bits per heavy atom. The number of carbonyl (C=O) groups excluding carboxylic acids is 3.